The zero-order valence-electron chi connectivity index (χ0n) is 6.55. The van der Waals surface area contributed by atoms with E-state index >= 15 is 0 Å². The number of carbonyl (C=O) groups is 2. The number of ketones is 1. The third kappa shape index (κ3) is 1.18. The fourth-order valence-electron chi connectivity index (χ4n) is 1.25. The Bertz CT molecular complexity index is 250. The predicted octanol–water partition coefficient (Wildman–Crippen LogP) is 0.996. The van der Waals surface area contributed by atoms with Gasteiger partial charge in [0.05, 0.1) is 5.92 Å². The van der Waals surface area contributed by atoms with Crippen molar-refractivity contribution in [3.05, 3.63) is 11.1 Å². The molecule has 3 heteroatoms. The van der Waals surface area contributed by atoms with Gasteiger partial charge in [-0.3, -0.25) is 9.59 Å². The third-order valence-corrected chi connectivity index (χ3v) is 2.22. The maximum atomic E-state index is 11.0. The predicted molar refractivity (Wildman–Crippen MR) is 39.1 cm³/mol. The molecule has 0 radical (unpaired) electrons. The summed E-state index contributed by atoms with van der Waals surface area (Å²) in [5.41, 5.74) is 1.33. The minimum atomic E-state index is -0.896. The van der Waals surface area contributed by atoms with E-state index in [9.17, 15) is 9.59 Å². The molecule has 11 heavy (non-hydrogen) atoms. The molecule has 1 atom stereocenters. The Balaban J connectivity index is 2.95. The zero-order valence-corrected chi connectivity index (χ0v) is 6.55. The van der Waals surface area contributed by atoms with Crippen molar-refractivity contribution in [1.82, 2.24) is 0 Å². The van der Waals surface area contributed by atoms with Crippen LogP contribution in [0, 0.1) is 5.92 Å². The van der Waals surface area contributed by atoms with E-state index in [0.717, 1.165) is 0 Å². The van der Waals surface area contributed by atoms with Crippen molar-refractivity contribution in [3.8, 4) is 0 Å². The molecule has 0 saturated heterocycles. The molecule has 0 aliphatic heterocycles. The molecule has 1 aliphatic rings. The maximum Gasteiger partial charge on any atom is 0.311 e. The molecule has 0 aromatic carbocycles. The van der Waals surface area contributed by atoms with Crippen LogP contribution < -0.4 is 0 Å². The van der Waals surface area contributed by atoms with Gasteiger partial charge in [0.25, 0.3) is 0 Å². The van der Waals surface area contributed by atoms with E-state index in [2.05, 4.69) is 0 Å². The van der Waals surface area contributed by atoms with Gasteiger partial charge in [0.1, 0.15) is 0 Å². The second kappa shape index (κ2) is 2.49. The van der Waals surface area contributed by atoms with Crippen molar-refractivity contribution in [2.45, 2.75) is 20.3 Å². The summed E-state index contributed by atoms with van der Waals surface area (Å²) in [4.78, 5) is 21.5. The summed E-state index contributed by atoms with van der Waals surface area (Å²) < 4.78 is 0. The van der Waals surface area contributed by atoms with Crippen LogP contribution in [-0.4, -0.2) is 16.9 Å². The summed E-state index contributed by atoms with van der Waals surface area (Å²) in [6.07, 6.45) is 0.146. The number of hydrogen-bond donors (Lipinski definition) is 1. The molecule has 0 bridgehead atoms. The molecule has 0 heterocycles. The van der Waals surface area contributed by atoms with Crippen LogP contribution in [0.25, 0.3) is 0 Å². The Morgan fingerprint density at radius 3 is 2.27 bits per heavy atom. The molecule has 0 amide bonds. The van der Waals surface area contributed by atoms with Gasteiger partial charge < -0.3 is 5.11 Å². The van der Waals surface area contributed by atoms with Gasteiger partial charge >= 0.3 is 5.97 Å². The van der Waals surface area contributed by atoms with Gasteiger partial charge in [-0.05, 0) is 19.4 Å². The monoisotopic (exact) mass is 154 g/mol. The van der Waals surface area contributed by atoms with Gasteiger partial charge in [-0.2, -0.15) is 0 Å². The van der Waals surface area contributed by atoms with Gasteiger partial charge in [0, 0.05) is 6.42 Å². The summed E-state index contributed by atoms with van der Waals surface area (Å²) in [5, 5.41) is 8.63. The van der Waals surface area contributed by atoms with Crippen LogP contribution in [0.4, 0.5) is 0 Å². The average Bonchev–Trinajstić information content (AvgIpc) is 2.17. The molecule has 0 spiro atoms. The van der Waals surface area contributed by atoms with Crippen molar-refractivity contribution >= 4 is 11.8 Å². The lowest BCUT2D eigenvalue weighted by atomic mass is 10.0. The van der Waals surface area contributed by atoms with Gasteiger partial charge in [0.15, 0.2) is 5.78 Å². The smallest absolute Gasteiger partial charge is 0.311 e. The minimum absolute atomic E-state index is 0.0325. The number of carboxylic acids is 1. The third-order valence-electron chi connectivity index (χ3n) is 2.22. The summed E-state index contributed by atoms with van der Waals surface area (Å²) in [6.45, 7) is 3.39. The highest BCUT2D eigenvalue weighted by Gasteiger charge is 2.31. The van der Waals surface area contributed by atoms with Crippen LogP contribution in [0.15, 0.2) is 11.1 Å². The van der Waals surface area contributed by atoms with E-state index in [-0.39, 0.29) is 12.2 Å². The van der Waals surface area contributed by atoms with E-state index in [4.69, 9.17) is 5.11 Å². The van der Waals surface area contributed by atoms with E-state index in [0.29, 0.717) is 11.1 Å². The maximum absolute atomic E-state index is 11.0. The molecule has 0 aromatic heterocycles. The lowest BCUT2D eigenvalue weighted by Crippen LogP contribution is -2.12. The molecule has 1 unspecified atom stereocenters. The number of carbonyl (C=O) groups excluding carboxylic acids is 1. The average molecular weight is 154 g/mol. The zero-order chi connectivity index (χ0) is 8.59. The number of allylic oxidation sites excluding steroid dienone is 1. The first-order valence-corrected chi connectivity index (χ1v) is 3.47. The first-order chi connectivity index (χ1) is 5.04. The second-order valence-corrected chi connectivity index (χ2v) is 2.83. The van der Waals surface area contributed by atoms with E-state index in [1.807, 2.05) is 0 Å². The highest BCUT2D eigenvalue weighted by atomic mass is 16.4. The van der Waals surface area contributed by atoms with Crippen LogP contribution in [-0.2, 0) is 9.59 Å². The van der Waals surface area contributed by atoms with Crippen LogP contribution in [0.2, 0.25) is 0 Å². The second-order valence-electron chi connectivity index (χ2n) is 2.83. The van der Waals surface area contributed by atoms with E-state index in [1.165, 1.54) is 0 Å². The molecule has 0 fully saturated rings. The van der Waals surface area contributed by atoms with Crippen molar-refractivity contribution in [2.75, 3.05) is 0 Å². The quantitative estimate of drug-likeness (QED) is 0.612. The van der Waals surface area contributed by atoms with Gasteiger partial charge in [-0.15, -0.1) is 0 Å². The fraction of sp³-hybridized carbons (Fsp3) is 0.500. The normalized spacial score (nSPS) is 24.5. The number of Topliss-reactive ketones (excluding diaryl/α,β-unsaturated/α-hetero) is 1. The van der Waals surface area contributed by atoms with Crippen molar-refractivity contribution in [2.24, 2.45) is 5.92 Å². The number of hydrogen-bond acceptors (Lipinski definition) is 2. The number of rotatable bonds is 1. The highest BCUT2D eigenvalue weighted by Crippen LogP contribution is 2.28. The first-order valence-electron chi connectivity index (χ1n) is 3.47. The van der Waals surface area contributed by atoms with Crippen molar-refractivity contribution in [1.29, 1.82) is 0 Å². The van der Waals surface area contributed by atoms with Gasteiger partial charge in [0.2, 0.25) is 0 Å². The SMILES string of the molecule is CC1=C(C)C(C(=O)O)CC1=O. The first kappa shape index (κ1) is 7.98. The lowest BCUT2D eigenvalue weighted by molar-refractivity contribution is -0.141. The molecule has 1 N–H and O–H groups in total. The van der Waals surface area contributed by atoms with Crippen molar-refractivity contribution < 1.29 is 14.7 Å². The molecular formula is C8H10O3. The Kier molecular flexibility index (Phi) is 1.81. The Morgan fingerprint density at radius 1 is 1.55 bits per heavy atom. The number of carboxylic acid groups (broad SMARTS) is 1. The topological polar surface area (TPSA) is 54.4 Å². The molecule has 60 valence electrons. The molecule has 3 nitrogen and oxygen atoms in total. The summed E-state index contributed by atoms with van der Waals surface area (Å²) in [7, 11) is 0. The van der Waals surface area contributed by atoms with Crippen LogP contribution in [0.1, 0.15) is 20.3 Å². The minimum Gasteiger partial charge on any atom is -0.481 e. The van der Waals surface area contributed by atoms with Gasteiger partial charge in [-0.25, -0.2) is 0 Å². The largest absolute Gasteiger partial charge is 0.481 e. The summed E-state index contributed by atoms with van der Waals surface area (Å²) in [6, 6.07) is 0. The van der Waals surface area contributed by atoms with Crippen LogP contribution in [0.5, 0.6) is 0 Å². The summed E-state index contributed by atoms with van der Waals surface area (Å²) in [5.74, 6) is -1.50. The van der Waals surface area contributed by atoms with Crippen LogP contribution in [0.3, 0.4) is 0 Å². The summed E-state index contributed by atoms with van der Waals surface area (Å²) >= 11 is 0. The lowest BCUT2D eigenvalue weighted by Gasteiger charge is -2.02. The Hall–Kier alpha value is -1.12. The molecule has 1 rings (SSSR count). The Morgan fingerprint density at radius 2 is 2.09 bits per heavy atom. The molecule has 0 aromatic rings. The van der Waals surface area contributed by atoms with E-state index < -0.39 is 11.9 Å². The van der Waals surface area contributed by atoms with Crippen LogP contribution >= 0.6 is 0 Å². The fourth-order valence-corrected chi connectivity index (χ4v) is 1.25. The molecule has 0 saturated carbocycles. The standard InChI is InChI=1S/C8H10O3/c1-4-5(2)7(9)3-6(4)8(10)11/h6H,3H2,1-2H3,(H,10,11). The number of aliphatic carboxylic acids is 1. The molecular weight excluding hydrogens is 144 g/mol. The Labute approximate surface area is 64.7 Å². The molecule has 1 aliphatic carbocycles. The van der Waals surface area contributed by atoms with Crippen molar-refractivity contribution in [3.63, 3.8) is 0 Å². The van der Waals surface area contributed by atoms with E-state index in [1.54, 1.807) is 13.8 Å². The highest BCUT2D eigenvalue weighted by molar-refractivity contribution is 6.02. The van der Waals surface area contributed by atoms with Gasteiger partial charge in [-0.1, -0.05) is 5.57 Å².